The lowest BCUT2D eigenvalue weighted by Gasteiger charge is -2.31. The zero-order chi connectivity index (χ0) is 30.2. The number of ether oxygens (including phenoxy) is 2. The van der Waals surface area contributed by atoms with E-state index < -0.39 is 5.97 Å². The third kappa shape index (κ3) is 5.06. The number of amides is 1. The van der Waals surface area contributed by atoms with Crippen LogP contribution in [0, 0.1) is 0 Å². The van der Waals surface area contributed by atoms with Crippen molar-refractivity contribution in [3.63, 3.8) is 0 Å². The molecule has 0 bridgehead atoms. The molecule has 0 N–H and O–H groups in total. The standard InChI is InChI=1S/C33H35N7O4/c1-3-44-33(42)26-18-35-40-29(37(2)19-22-8-5-4-6-9-22)17-28(36-32(26)40)27-21-39(31-25(27)10-7-13-34-31)24-16-30(41)38(20-24)23-11-14-43-15-12-23/h4-10,13,17-18,21,23-24H,3,11-12,14-16,19-20H2,1-2H3. The highest BCUT2D eigenvalue weighted by atomic mass is 16.5. The highest BCUT2D eigenvalue weighted by Crippen LogP contribution is 2.36. The lowest BCUT2D eigenvalue weighted by Crippen LogP contribution is -2.40. The predicted molar refractivity (Wildman–Crippen MR) is 165 cm³/mol. The molecule has 4 aromatic heterocycles. The predicted octanol–water partition coefficient (Wildman–Crippen LogP) is 4.51. The number of anilines is 1. The number of carbonyl (C=O) groups is 2. The quantitative estimate of drug-likeness (QED) is 0.242. The van der Waals surface area contributed by atoms with E-state index in [4.69, 9.17) is 19.4 Å². The molecule has 6 heterocycles. The second-order valence-electron chi connectivity index (χ2n) is 11.4. The summed E-state index contributed by atoms with van der Waals surface area (Å²) in [7, 11) is 2.00. The molecule has 44 heavy (non-hydrogen) atoms. The summed E-state index contributed by atoms with van der Waals surface area (Å²) >= 11 is 0. The van der Waals surface area contributed by atoms with Crippen molar-refractivity contribution >= 4 is 34.4 Å². The Morgan fingerprint density at radius 1 is 1.09 bits per heavy atom. The summed E-state index contributed by atoms with van der Waals surface area (Å²) < 4.78 is 14.7. The number of aromatic nitrogens is 5. The number of esters is 1. The second kappa shape index (κ2) is 11.7. The molecule has 1 atom stereocenters. The van der Waals surface area contributed by atoms with Crippen LogP contribution in [0.15, 0.2) is 67.1 Å². The average Bonchev–Trinajstić information content (AvgIpc) is 3.76. The summed E-state index contributed by atoms with van der Waals surface area (Å²) in [5.74, 6) is 0.477. The van der Waals surface area contributed by atoms with Gasteiger partial charge >= 0.3 is 5.97 Å². The number of hydrogen-bond donors (Lipinski definition) is 0. The number of hydrogen-bond acceptors (Lipinski definition) is 8. The van der Waals surface area contributed by atoms with Crippen LogP contribution < -0.4 is 4.90 Å². The van der Waals surface area contributed by atoms with Crippen molar-refractivity contribution in [1.82, 2.24) is 29.0 Å². The minimum absolute atomic E-state index is 0.0505. The summed E-state index contributed by atoms with van der Waals surface area (Å²) in [4.78, 5) is 40.0. The molecule has 0 radical (unpaired) electrons. The molecule has 2 aliphatic heterocycles. The lowest BCUT2D eigenvalue weighted by atomic mass is 10.1. The van der Waals surface area contributed by atoms with Crippen molar-refractivity contribution in [2.45, 2.75) is 44.8 Å². The monoisotopic (exact) mass is 593 g/mol. The SMILES string of the molecule is CCOC(=O)c1cnn2c(N(C)Cc3ccccc3)cc(-c3cn(C4CC(=O)N(C5CCOCC5)C4)c4ncccc34)nc12. The van der Waals surface area contributed by atoms with E-state index in [1.807, 2.05) is 48.3 Å². The second-order valence-corrected chi connectivity index (χ2v) is 11.4. The highest BCUT2D eigenvalue weighted by Gasteiger charge is 2.37. The van der Waals surface area contributed by atoms with Gasteiger partial charge in [-0.3, -0.25) is 4.79 Å². The first-order chi connectivity index (χ1) is 21.5. The van der Waals surface area contributed by atoms with Crippen molar-refractivity contribution in [3.8, 4) is 11.3 Å². The van der Waals surface area contributed by atoms with Gasteiger partial charge in [0.15, 0.2) is 5.65 Å². The number of benzene rings is 1. The molecule has 1 unspecified atom stereocenters. The molecule has 2 aliphatic rings. The Labute approximate surface area is 255 Å². The Hall–Kier alpha value is -4.77. The van der Waals surface area contributed by atoms with E-state index in [1.54, 1.807) is 17.6 Å². The Bertz CT molecular complexity index is 1830. The van der Waals surface area contributed by atoms with Crippen LogP contribution in [-0.2, 0) is 20.8 Å². The molecular weight excluding hydrogens is 558 g/mol. The largest absolute Gasteiger partial charge is 0.462 e. The molecule has 1 amide bonds. The van der Waals surface area contributed by atoms with E-state index in [-0.39, 0.29) is 24.6 Å². The number of pyridine rings is 1. The van der Waals surface area contributed by atoms with Gasteiger partial charge in [0.25, 0.3) is 0 Å². The van der Waals surface area contributed by atoms with Gasteiger partial charge in [0.05, 0.1) is 24.5 Å². The molecule has 2 fully saturated rings. The fraction of sp³-hybridized carbons (Fsp3) is 0.364. The molecule has 5 aromatic rings. The minimum Gasteiger partial charge on any atom is -0.462 e. The van der Waals surface area contributed by atoms with Crippen molar-refractivity contribution in [3.05, 3.63) is 78.2 Å². The van der Waals surface area contributed by atoms with Crippen LogP contribution in [0.5, 0.6) is 0 Å². The topological polar surface area (TPSA) is 107 Å². The van der Waals surface area contributed by atoms with Gasteiger partial charge in [0.2, 0.25) is 5.91 Å². The Kier molecular flexibility index (Phi) is 7.47. The molecular formula is C33H35N7O4. The maximum Gasteiger partial charge on any atom is 0.343 e. The van der Waals surface area contributed by atoms with Crippen LogP contribution in [-0.4, -0.2) is 80.4 Å². The number of nitrogens with zero attached hydrogens (tertiary/aromatic N) is 7. The van der Waals surface area contributed by atoms with E-state index in [1.165, 1.54) is 6.20 Å². The third-order valence-electron chi connectivity index (χ3n) is 8.63. The van der Waals surface area contributed by atoms with Gasteiger partial charge in [0.1, 0.15) is 17.0 Å². The molecule has 0 saturated carbocycles. The fourth-order valence-corrected chi connectivity index (χ4v) is 6.46. The molecule has 0 spiro atoms. The number of fused-ring (bicyclic) bond motifs is 2. The highest BCUT2D eigenvalue weighted by molar-refractivity contribution is 5.98. The Morgan fingerprint density at radius 2 is 1.91 bits per heavy atom. The van der Waals surface area contributed by atoms with E-state index >= 15 is 0 Å². The minimum atomic E-state index is -0.467. The molecule has 7 rings (SSSR count). The van der Waals surface area contributed by atoms with Gasteiger partial charge in [-0.2, -0.15) is 9.61 Å². The normalized spacial score (nSPS) is 17.5. The summed E-state index contributed by atoms with van der Waals surface area (Å²) in [6, 6.07) is 16.3. The molecule has 2 saturated heterocycles. The van der Waals surface area contributed by atoms with Gasteiger partial charge in [-0.15, -0.1) is 0 Å². The average molecular weight is 594 g/mol. The van der Waals surface area contributed by atoms with E-state index in [0.717, 1.165) is 40.8 Å². The van der Waals surface area contributed by atoms with Gasteiger partial charge in [0, 0.05) is 75.2 Å². The number of rotatable bonds is 8. The third-order valence-corrected chi connectivity index (χ3v) is 8.63. The van der Waals surface area contributed by atoms with Crippen molar-refractivity contribution in [1.29, 1.82) is 0 Å². The molecule has 11 heteroatoms. The molecule has 226 valence electrons. The van der Waals surface area contributed by atoms with Gasteiger partial charge in [-0.05, 0) is 37.5 Å². The van der Waals surface area contributed by atoms with E-state index in [0.29, 0.717) is 49.6 Å². The summed E-state index contributed by atoms with van der Waals surface area (Å²) in [5, 5.41) is 5.48. The first kappa shape index (κ1) is 28.0. The van der Waals surface area contributed by atoms with Crippen molar-refractivity contribution in [2.24, 2.45) is 0 Å². The maximum absolute atomic E-state index is 13.2. The van der Waals surface area contributed by atoms with Gasteiger partial charge in [-0.25, -0.2) is 14.8 Å². The van der Waals surface area contributed by atoms with Crippen LogP contribution in [0.3, 0.4) is 0 Å². The molecule has 0 aliphatic carbocycles. The van der Waals surface area contributed by atoms with Crippen LogP contribution in [0.1, 0.15) is 48.1 Å². The summed E-state index contributed by atoms with van der Waals surface area (Å²) in [5.41, 5.74) is 4.22. The van der Waals surface area contributed by atoms with Gasteiger partial charge in [-0.1, -0.05) is 30.3 Å². The molecule has 1 aromatic carbocycles. The van der Waals surface area contributed by atoms with Crippen molar-refractivity contribution < 1.29 is 19.1 Å². The zero-order valence-corrected chi connectivity index (χ0v) is 24.9. The first-order valence-electron chi connectivity index (χ1n) is 15.2. The first-order valence-corrected chi connectivity index (χ1v) is 15.2. The Morgan fingerprint density at radius 3 is 2.70 bits per heavy atom. The van der Waals surface area contributed by atoms with Crippen LogP contribution in [0.2, 0.25) is 0 Å². The smallest absolute Gasteiger partial charge is 0.343 e. The van der Waals surface area contributed by atoms with Crippen molar-refractivity contribution in [2.75, 3.05) is 38.3 Å². The van der Waals surface area contributed by atoms with E-state index in [9.17, 15) is 9.59 Å². The summed E-state index contributed by atoms with van der Waals surface area (Å²) in [6.07, 6.45) is 7.51. The lowest BCUT2D eigenvalue weighted by molar-refractivity contribution is -0.131. The van der Waals surface area contributed by atoms with Gasteiger partial charge < -0.3 is 23.8 Å². The zero-order valence-electron chi connectivity index (χ0n) is 24.9. The molecule has 11 nitrogen and oxygen atoms in total. The van der Waals surface area contributed by atoms with Crippen LogP contribution in [0.25, 0.3) is 27.9 Å². The number of likely N-dealkylation sites (tertiary alicyclic amines) is 1. The Balaban J connectivity index is 1.33. The van der Waals surface area contributed by atoms with Crippen LogP contribution in [0.4, 0.5) is 5.82 Å². The summed E-state index contributed by atoms with van der Waals surface area (Å²) in [6.45, 7) is 4.67. The maximum atomic E-state index is 13.2. The number of carbonyl (C=O) groups excluding carboxylic acids is 2. The van der Waals surface area contributed by atoms with Crippen LogP contribution >= 0.6 is 0 Å². The van der Waals surface area contributed by atoms with E-state index in [2.05, 4.69) is 32.9 Å². The fourth-order valence-electron chi connectivity index (χ4n) is 6.46.